The second-order valence-electron chi connectivity index (χ2n) is 4.46. The van der Waals surface area contributed by atoms with Crippen LogP contribution in [0.4, 0.5) is 5.69 Å². The van der Waals surface area contributed by atoms with Gasteiger partial charge in [-0.25, -0.2) is 0 Å². The van der Waals surface area contributed by atoms with E-state index < -0.39 is 0 Å². The van der Waals surface area contributed by atoms with Gasteiger partial charge in [-0.2, -0.15) is 0 Å². The second kappa shape index (κ2) is 4.14. The zero-order valence-corrected chi connectivity index (χ0v) is 9.83. The monoisotopic (exact) mass is 214 g/mol. The number of rotatable bonds is 1. The molecule has 2 rings (SSSR count). The molecule has 0 amide bonds. The van der Waals surface area contributed by atoms with Gasteiger partial charge in [0.05, 0.1) is 0 Å². The lowest BCUT2D eigenvalue weighted by atomic mass is 9.92. The first-order valence-corrected chi connectivity index (χ1v) is 5.58. The number of nitrogens with two attached hydrogens (primary N) is 2. The molecule has 0 aromatic heterocycles. The molecule has 0 spiro atoms. The van der Waals surface area contributed by atoms with E-state index in [1.807, 2.05) is 13.0 Å². The van der Waals surface area contributed by atoms with Crippen LogP contribution in [-0.4, -0.2) is 6.04 Å². The third kappa shape index (κ3) is 2.02. The average molecular weight is 214 g/mol. The molecule has 1 atom stereocenters. The van der Waals surface area contributed by atoms with E-state index in [1.54, 1.807) is 0 Å². The molecule has 1 aliphatic carbocycles. The summed E-state index contributed by atoms with van der Waals surface area (Å²) in [6.45, 7) is 4.12. The Kier molecular flexibility index (Phi) is 2.84. The predicted molar refractivity (Wildman–Crippen MR) is 69.9 cm³/mol. The van der Waals surface area contributed by atoms with Crippen molar-refractivity contribution in [2.75, 3.05) is 5.73 Å². The summed E-state index contributed by atoms with van der Waals surface area (Å²) < 4.78 is 0. The van der Waals surface area contributed by atoms with Gasteiger partial charge in [0.25, 0.3) is 0 Å². The Balaban J connectivity index is 2.36. The molecule has 0 saturated heterocycles. The van der Waals surface area contributed by atoms with Crippen LogP contribution in [0.1, 0.15) is 24.5 Å². The van der Waals surface area contributed by atoms with E-state index in [0.29, 0.717) is 0 Å². The third-order valence-electron chi connectivity index (χ3n) is 3.16. The molecule has 2 nitrogen and oxygen atoms in total. The molecule has 0 fully saturated rings. The van der Waals surface area contributed by atoms with Crippen LogP contribution in [-0.2, 0) is 0 Å². The lowest BCUT2D eigenvalue weighted by Crippen LogP contribution is -2.22. The molecular formula is C14H18N2. The average Bonchev–Trinajstić information content (AvgIpc) is 2.26. The maximum atomic E-state index is 5.94. The zero-order chi connectivity index (χ0) is 11.7. The Morgan fingerprint density at radius 1 is 1.25 bits per heavy atom. The summed E-state index contributed by atoms with van der Waals surface area (Å²) in [4.78, 5) is 0. The molecule has 2 heteroatoms. The summed E-state index contributed by atoms with van der Waals surface area (Å²) in [5.74, 6) is 0. The molecule has 0 saturated carbocycles. The van der Waals surface area contributed by atoms with Crippen LogP contribution < -0.4 is 11.5 Å². The highest BCUT2D eigenvalue weighted by Crippen LogP contribution is 2.26. The molecule has 1 aromatic carbocycles. The fraction of sp³-hybridized carbons (Fsp3) is 0.286. The smallest absolute Gasteiger partial charge is 0.0344 e. The van der Waals surface area contributed by atoms with Gasteiger partial charge in [-0.1, -0.05) is 23.8 Å². The Morgan fingerprint density at radius 3 is 2.62 bits per heavy atom. The van der Waals surface area contributed by atoms with Crippen LogP contribution in [0, 0.1) is 6.92 Å². The number of anilines is 1. The summed E-state index contributed by atoms with van der Waals surface area (Å²) in [5, 5.41) is 0. The summed E-state index contributed by atoms with van der Waals surface area (Å²) in [5.41, 5.74) is 17.4. The van der Waals surface area contributed by atoms with E-state index in [1.165, 1.54) is 16.7 Å². The number of nitrogen functional groups attached to an aromatic ring is 1. The first-order chi connectivity index (χ1) is 7.58. The van der Waals surface area contributed by atoms with Crippen molar-refractivity contribution in [1.29, 1.82) is 0 Å². The summed E-state index contributed by atoms with van der Waals surface area (Å²) in [6.07, 6.45) is 5.28. The van der Waals surface area contributed by atoms with Gasteiger partial charge in [-0.05, 0) is 49.1 Å². The van der Waals surface area contributed by atoms with Crippen LogP contribution in [0.2, 0.25) is 0 Å². The molecule has 1 aliphatic rings. The van der Waals surface area contributed by atoms with Gasteiger partial charge in [0.2, 0.25) is 0 Å². The molecule has 1 unspecified atom stereocenters. The Labute approximate surface area is 96.6 Å². The molecule has 16 heavy (non-hydrogen) atoms. The number of hydrogen-bond acceptors (Lipinski definition) is 2. The quantitative estimate of drug-likeness (QED) is 0.706. The molecule has 1 aromatic rings. The zero-order valence-electron chi connectivity index (χ0n) is 9.83. The first-order valence-electron chi connectivity index (χ1n) is 5.58. The van der Waals surface area contributed by atoms with Crippen molar-refractivity contribution >= 4 is 11.3 Å². The summed E-state index contributed by atoms with van der Waals surface area (Å²) >= 11 is 0. The molecule has 0 radical (unpaired) electrons. The fourth-order valence-electron chi connectivity index (χ4n) is 1.91. The van der Waals surface area contributed by atoms with Gasteiger partial charge in [0, 0.05) is 11.7 Å². The number of hydrogen-bond donors (Lipinski definition) is 2. The van der Waals surface area contributed by atoms with E-state index >= 15 is 0 Å². The van der Waals surface area contributed by atoms with Crippen LogP contribution in [0.5, 0.6) is 0 Å². The normalized spacial score (nSPS) is 20.3. The number of aryl methyl sites for hydroxylation is 1. The second-order valence-corrected chi connectivity index (χ2v) is 4.46. The Bertz CT molecular complexity index is 470. The number of benzene rings is 1. The van der Waals surface area contributed by atoms with Crippen molar-refractivity contribution in [3.63, 3.8) is 0 Å². The maximum Gasteiger partial charge on any atom is 0.0344 e. The van der Waals surface area contributed by atoms with Gasteiger partial charge in [0.15, 0.2) is 0 Å². The van der Waals surface area contributed by atoms with Gasteiger partial charge < -0.3 is 11.5 Å². The molecule has 84 valence electrons. The molecular weight excluding hydrogens is 196 g/mol. The lowest BCUT2D eigenvalue weighted by Gasteiger charge is -2.18. The minimum atomic E-state index is 0.179. The fourth-order valence-corrected chi connectivity index (χ4v) is 1.91. The van der Waals surface area contributed by atoms with E-state index in [-0.39, 0.29) is 6.04 Å². The Hall–Kier alpha value is -1.54. The summed E-state index contributed by atoms with van der Waals surface area (Å²) in [7, 11) is 0. The van der Waals surface area contributed by atoms with E-state index in [0.717, 1.165) is 17.7 Å². The topological polar surface area (TPSA) is 52.0 Å². The summed E-state index contributed by atoms with van der Waals surface area (Å²) in [6, 6.07) is 6.33. The van der Waals surface area contributed by atoms with E-state index in [4.69, 9.17) is 11.5 Å². The highest BCUT2D eigenvalue weighted by atomic mass is 14.6. The lowest BCUT2D eigenvalue weighted by molar-refractivity contribution is 0.777. The van der Waals surface area contributed by atoms with Crippen molar-refractivity contribution in [3.8, 4) is 0 Å². The van der Waals surface area contributed by atoms with E-state index in [9.17, 15) is 0 Å². The highest BCUT2D eigenvalue weighted by Gasteiger charge is 2.11. The standard InChI is InChI=1S/C14H18N2/c1-9-7-11(3-5-13(9)15)12-4-6-14(16)10(2)8-12/h3-5,7-8,14H,6,15-16H2,1-2H3. The van der Waals surface area contributed by atoms with Crippen LogP contribution in [0.25, 0.3) is 5.57 Å². The van der Waals surface area contributed by atoms with Crippen LogP contribution >= 0.6 is 0 Å². The highest BCUT2D eigenvalue weighted by molar-refractivity contribution is 5.77. The van der Waals surface area contributed by atoms with Crippen LogP contribution in [0.3, 0.4) is 0 Å². The largest absolute Gasteiger partial charge is 0.399 e. The molecule has 0 heterocycles. The molecule has 0 aliphatic heterocycles. The van der Waals surface area contributed by atoms with Crippen molar-refractivity contribution in [2.45, 2.75) is 26.3 Å². The minimum absolute atomic E-state index is 0.179. The Morgan fingerprint density at radius 2 is 2.00 bits per heavy atom. The third-order valence-corrected chi connectivity index (χ3v) is 3.16. The minimum Gasteiger partial charge on any atom is -0.399 e. The maximum absolute atomic E-state index is 5.94. The van der Waals surface area contributed by atoms with Gasteiger partial charge >= 0.3 is 0 Å². The molecule has 4 N–H and O–H groups in total. The van der Waals surface area contributed by atoms with Gasteiger partial charge in [0.1, 0.15) is 0 Å². The number of allylic oxidation sites excluding steroid dienone is 2. The van der Waals surface area contributed by atoms with E-state index in [2.05, 4.69) is 31.2 Å². The van der Waals surface area contributed by atoms with Gasteiger partial charge in [-0.15, -0.1) is 0 Å². The predicted octanol–water partition coefficient (Wildman–Crippen LogP) is 2.64. The van der Waals surface area contributed by atoms with Gasteiger partial charge in [-0.3, -0.25) is 0 Å². The van der Waals surface area contributed by atoms with Crippen molar-refractivity contribution in [3.05, 3.63) is 47.1 Å². The van der Waals surface area contributed by atoms with Crippen molar-refractivity contribution in [2.24, 2.45) is 5.73 Å². The SMILES string of the molecule is CC1=CC(c2ccc(N)c(C)c2)=CCC1N. The first kappa shape index (κ1) is 11.0. The molecule has 0 bridgehead atoms. The van der Waals surface area contributed by atoms with Crippen LogP contribution in [0.15, 0.2) is 35.9 Å². The van der Waals surface area contributed by atoms with Crippen molar-refractivity contribution in [1.82, 2.24) is 0 Å². The van der Waals surface area contributed by atoms with Crippen molar-refractivity contribution < 1.29 is 0 Å².